The molecule has 0 fully saturated rings. The lowest BCUT2D eigenvalue weighted by Crippen LogP contribution is -2.22. The van der Waals surface area contributed by atoms with E-state index in [4.69, 9.17) is 0 Å². The standard InChI is InChI=1S/C20H22N4O3S/c1-4-22-18-8-7-17(28(26,27)24(2)3)12-19(18)23-20(25)15-5-6-16-13-21-10-9-14(16)11-15/h5-13,22H,4H2,1-3H3,(H,23,25). The topological polar surface area (TPSA) is 91.4 Å². The Morgan fingerprint density at radius 3 is 2.54 bits per heavy atom. The number of hydrogen-bond donors (Lipinski definition) is 2. The molecule has 0 saturated carbocycles. The molecule has 1 heterocycles. The maximum atomic E-state index is 12.8. The zero-order chi connectivity index (χ0) is 20.3. The van der Waals surface area contributed by atoms with Gasteiger partial charge in [-0.2, -0.15) is 0 Å². The number of pyridine rings is 1. The van der Waals surface area contributed by atoms with Gasteiger partial charge in [-0.3, -0.25) is 9.78 Å². The Balaban J connectivity index is 1.97. The lowest BCUT2D eigenvalue weighted by atomic mass is 10.1. The molecular weight excluding hydrogens is 376 g/mol. The minimum atomic E-state index is -3.61. The van der Waals surface area contributed by atoms with Crippen LogP contribution in [0.25, 0.3) is 10.8 Å². The van der Waals surface area contributed by atoms with Gasteiger partial charge >= 0.3 is 0 Å². The molecular formula is C20H22N4O3S. The summed E-state index contributed by atoms with van der Waals surface area (Å²) in [6.07, 6.45) is 3.40. The van der Waals surface area contributed by atoms with Gasteiger partial charge in [0, 0.05) is 44.0 Å². The van der Waals surface area contributed by atoms with Crippen LogP contribution in [-0.4, -0.2) is 44.3 Å². The first-order valence-corrected chi connectivity index (χ1v) is 10.2. The molecule has 1 amide bonds. The number of carbonyl (C=O) groups excluding carboxylic acids is 1. The Hall–Kier alpha value is -2.97. The number of rotatable bonds is 6. The fraction of sp³-hybridized carbons (Fsp3) is 0.200. The van der Waals surface area contributed by atoms with Gasteiger partial charge in [0.15, 0.2) is 0 Å². The third kappa shape index (κ3) is 3.97. The van der Waals surface area contributed by atoms with Crippen LogP contribution in [-0.2, 0) is 10.0 Å². The van der Waals surface area contributed by atoms with Gasteiger partial charge in [-0.1, -0.05) is 6.07 Å². The average Bonchev–Trinajstić information content (AvgIpc) is 2.68. The number of sulfonamides is 1. The van der Waals surface area contributed by atoms with Gasteiger partial charge < -0.3 is 10.6 Å². The van der Waals surface area contributed by atoms with Gasteiger partial charge in [-0.25, -0.2) is 12.7 Å². The predicted molar refractivity (Wildman–Crippen MR) is 111 cm³/mol. The van der Waals surface area contributed by atoms with Crippen LogP contribution in [0.15, 0.2) is 59.8 Å². The van der Waals surface area contributed by atoms with E-state index >= 15 is 0 Å². The normalized spacial score (nSPS) is 11.6. The van der Waals surface area contributed by atoms with Crippen molar-refractivity contribution in [2.45, 2.75) is 11.8 Å². The Kier molecular flexibility index (Phi) is 5.62. The number of fused-ring (bicyclic) bond motifs is 1. The van der Waals surface area contributed by atoms with Crippen LogP contribution < -0.4 is 10.6 Å². The summed E-state index contributed by atoms with van der Waals surface area (Å²) < 4.78 is 26.0. The second kappa shape index (κ2) is 7.95. The van der Waals surface area contributed by atoms with Crippen molar-refractivity contribution in [1.82, 2.24) is 9.29 Å². The fourth-order valence-corrected chi connectivity index (χ4v) is 3.69. The lowest BCUT2D eigenvalue weighted by molar-refractivity contribution is 0.102. The second-order valence-corrected chi connectivity index (χ2v) is 8.57. The average molecular weight is 398 g/mol. The summed E-state index contributed by atoms with van der Waals surface area (Å²) in [6.45, 7) is 2.55. The first-order chi connectivity index (χ1) is 13.3. The van der Waals surface area contributed by atoms with Crippen molar-refractivity contribution >= 4 is 38.1 Å². The molecule has 0 aliphatic carbocycles. The number of amides is 1. The first-order valence-electron chi connectivity index (χ1n) is 8.78. The SMILES string of the molecule is CCNc1ccc(S(=O)(=O)N(C)C)cc1NC(=O)c1ccc2cnccc2c1. The van der Waals surface area contributed by atoms with Crippen LogP contribution in [0.3, 0.4) is 0 Å². The highest BCUT2D eigenvalue weighted by Gasteiger charge is 2.19. The molecule has 28 heavy (non-hydrogen) atoms. The van der Waals surface area contributed by atoms with E-state index < -0.39 is 10.0 Å². The Labute approximate surface area is 164 Å². The van der Waals surface area contributed by atoms with Crippen LogP contribution in [0, 0.1) is 0 Å². The van der Waals surface area contributed by atoms with E-state index in [9.17, 15) is 13.2 Å². The van der Waals surface area contributed by atoms with Crippen LogP contribution in [0.2, 0.25) is 0 Å². The molecule has 2 aromatic carbocycles. The molecule has 2 N–H and O–H groups in total. The van der Waals surface area contributed by atoms with Crippen molar-refractivity contribution in [3.8, 4) is 0 Å². The van der Waals surface area contributed by atoms with Crippen LogP contribution in [0.4, 0.5) is 11.4 Å². The molecule has 8 heteroatoms. The molecule has 7 nitrogen and oxygen atoms in total. The maximum absolute atomic E-state index is 12.8. The fourth-order valence-electron chi connectivity index (χ4n) is 2.76. The van der Waals surface area contributed by atoms with Crippen molar-refractivity contribution < 1.29 is 13.2 Å². The number of anilines is 2. The molecule has 0 aliphatic heterocycles. The number of nitrogens with one attached hydrogen (secondary N) is 2. The van der Waals surface area contributed by atoms with Gasteiger partial charge in [0.2, 0.25) is 10.0 Å². The third-order valence-electron chi connectivity index (χ3n) is 4.29. The van der Waals surface area contributed by atoms with Gasteiger partial charge in [0.1, 0.15) is 0 Å². The number of benzene rings is 2. The van der Waals surface area contributed by atoms with Gasteiger partial charge in [0.05, 0.1) is 16.3 Å². The zero-order valence-corrected chi connectivity index (χ0v) is 16.7. The summed E-state index contributed by atoms with van der Waals surface area (Å²) in [5.41, 5.74) is 1.53. The maximum Gasteiger partial charge on any atom is 0.255 e. The number of nitrogens with zero attached hydrogens (tertiary/aromatic N) is 2. The molecule has 0 spiro atoms. The smallest absolute Gasteiger partial charge is 0.255 e. The highest BCUT2D eigenvalue weighted by molar-refractivity contribution is 7.89. The Morgan fingerprint density at radius 2 is 1.82 bits per heavy atom. The van der Waals surface area contributed by atoms with Crippen molar-refractivity contribution in [3.05, 3.63) is 60.4 Å². The van der Waals surface area contributed by atoms with Gasteiger partial charge in [-0.15, -0.1) is 0 Å². The van der Waals surface area contributed by atoms with Crippen LogP contribution in [0.1, 0.15) is 17.3 Å². The highest BCUT2D eigenvalue weighted by atomic mass is 32.2. The van der Waals surface area contributed by atoms with E-state index in [0.717, 1.165) is 15.1 Å². The molecule has 3 aromatic rings. The summed E-state index contributed by atoms with van der Waals surface area (Å²) >= 11 is 0. The quantitative estimate of drug-likeness (QED) is 0.665. The Morgan fingerprint density at radius 1 is 1.04 bits per heavy atom. The molecule has 0 saturated heterocycles. The molecule has 1 aromatic heterocycles. The molecule has 146 valence electrons. The molecule has 0 bridgehead atoms. The largest absolute Gasteiger partial charge is 0.384 e. The second-order valence-electron chi connectivity index (χ2n) is 6.42. The summed E-state index contributed by atoms with van der Waals surface area (Å²) in [4.78, 5) is 17.0. The van der Waals surface area contributed by atoms with Crippen molar-refractivity contribution in [1.29, 1.82) is 0 Å². The highest BCUT2D eigenvalue weighted by Crippen LogP contribution is 2.27. The van der Waals surface area contributed by atoms with Gasteiger partial charge in [-0.05, 0) is 48.7 Å². The van der Waals surface area contributed by atoms with E-state index in [1.807, 2.05) is 19.1 Å². The number of carbonyl (C=O) groups is 1. The lowest BCUT2D eigenvalue weighted by Gasteiger charge is -2.16. The first kappa shape index (κ1) is 19.8. The Bertz CT molecular complexity index is 1130. The monoisotopic (exact) mass is 398 g/mol. The zero-order valence-electron chi connectivity index (χ0n) is 15.9. The summed E-state index contributed by atoms with van der Waals surface area (Å²) in [5, 5.41) is 7.80. The number of aromatic nitrogens is 1. The van der Waals surface area contributed by atoms with Gasteiger partial charge in [0.25, 0.3) is 5.91 Å². The molecule has 0 aliphatic rings. The molecule has 3 rings (SSSR count). The van der Waals surface area contributed by atoms with Crippen molar-refractivity contribution in [2.75, 3.05) is 31.3 Å². The molecule has 0 unspecified atom stereocenters. The minimum absolute atomic E-state index is 0.110. The van der Waals surface area contributed by atoms with E-state index in [1.54, 1.807) is 30.6 Å². The summed E-state index contributed by atoms with van der Waals surface area (Å²) in [6, 6.07) is 11.8. The van der Waals surface area contributed by atoms with E-state index in [0.29, 0.717) is 23.5 Å². The van der Waals surface area contributed by atoms with Crippen LogP contribution in [0.5, 0.6) is 0 Å². The van der Waals surface area contributed by atoms with E-state index in [1.165, 1.54) is 26.2 Å². The van der Waals surface area contributed by atoms with E-state index in [2.05, 4.69) is 15.6 Å². The number of hydrogen-bond acceptors (Lipinski definition) is 5. The minimum Gasteiger partial charge on any atom is -0.384 e. The van der Waals surface area contributed by atoms with E-state index in [-0.39, 0.29) is 10.8 Å². The predicted octanol–water partition coefficient (Wildman–Crippen LogP) is 3.17. The molecule has 0 radical (unpaired) electrons. The summed E-state index contributed by atoms with van der Waals surface area (Å²) in [7, 11) is -0.677. The summed E-state index contributed by atoms with van der Waals surface area (Å²) in [5.74, 6) is -0.322. The third-order valence-corrected chi connectivity index (χ3v) is 6.10. The molecule has 0 atom stereocenters. The van der Waals surface area contributed by atoms with Crippen LogP contribution >= 0.6 is 0 Å². The van der Waals surface area contributed by atoms with Crippen molar-refractivity contribution in [2.24, 2.45) is 0 Å². The van der Waals surface area contributed by atoms with Crippen molar-refractivity contribution in [3.63, 3.8) is 0 Å².